The number of furan rings is 1. The molecule has 0 saturated carbocycles. The summed E-state index contributed by atoms with van der Waals surface area (Å²) in [4.78, 5) is 0. The lowest BCUT2D eigenvalue weighted by atomic mass is 10.2. The van der Waals surface area contributed by atoms with Gasteiger partial charge in [0.15, 0.2) is 0 Å². The number of hydrogen-bond donors (Lipinski definition) is 2. The SMILES string of the molecule is CNS(=O)(=O)c1ccc(CNCc2ccccc2F)o1. The summed E-state index contributed by atoms with van der Waals surface area (Å²) < 4.78 is 43.7. The molecule has 0 amide bonds. The van der Waals surface area contributed by atoms with Gasteiger partial charge in [-0.15, -0.1) is 0 Å². The first-order valence-corrected chi connectivity index (χ1v) is 7.47. The molecule has 0 aliphatic rings. The van der Waals surface area contributed by atoms with Crippen molar-refractivity contribution in [1.29, 1.82) is 0 Å². The molecule has 1 aromatic carbocycles. The second kappa shape index (κ2) is 6.17. The van der Waals surface area contributed by atoms with Gasteiger partial charge in [-0.1, -0.05) is 18.2 Å². The highest BCUT2D eigenvalue weighted by Crippen LogP contribution is 2.13. The van der Waals surface area contributed by atoms with Crippen molar-refractivity contribution in [2.45, 2.75) is 18.2 Å². The van der Waals surface area contributed by atoms with E-state index in [1.807, 2.05) is 0 Å². The van der Waals surface area contributed by atoms with E-state index in [-0.39, 0.29) is 10.9 Å². The zero-order chi connectivity index (χ0) is 14.6. The monoisotopic (exact) mass is 298 g/mol. The maximum Gasteiger partial charge on any atom is 0.273 e. The first-order valence-electron chi connectivity index (χ1n) is 5.99. The Morgan fingerprint density at radius 2 is 1.90 bits per heavy atom. The van der Waals surface area contributed by atoms with Crippen LogP contribution < -0.4 is 10.0 Å². The van der Waals surface area contributed by atoms with Gasteiger partial charge in [0.25, 0.3) is 10.0 Å². The second-order valence-electron chi connectivity index (χ2n) is 4.12. The van der Waals surface area contributed by atoms with Crippen molar-refractivity contribution in [1.82, 2.24) is 10.0 Å². The van der Waals surface area contributed by atoms with Crippen molar-refractivity contribution in [3.05, 3.63) is 53.5 Å². The fraction of sp³-hybridized carbons (Fsp3) is 0.231. The minimum Gasteiger partial charge on any atom is -0.447 e. The fourth-order valence-electron chi connectivity index (χ4n) is 1.66. The lowest BCUT2D eigenvalue weighted by molar-refractivity contribution is 0.399. The molecular formula is C13H15FN2O3S. The van der Waals surface area contributed by atoms with Gasteiger partial charge in [-0.25, -0.2) is 17.5 Å². The molecule has 1 aromatic heterocycles. The van der Waals surface area contributed by atoms with Crippen LogP contribution in [0.15, 0.2) is 45.9 Å². The van der Waals surface area contributed by atoms with E-state index in [9.17, 15) is 12.8 Å². The fourth-order valence-corrected chi connectivity index (χ4v) is 2.33. The molecule has 0 atom stereocenters. The molecule has 5 nitrogen and oxygen atoms in total. The third kappa shape index (κ3) is 3.44. The largest absolute Gasteiger partial charge is 0.447 e. The molecule has 108 valence electrons. The Labute approximate surface area is 116 Å². The Bertz CT molecular complexity index is 682. The third-order valence-electron chi connectivity index (χ3n) is 2.74. The van der Waals surface area contributed by atoms with Gasteiger partial charge in [-0.2, -0.15) is 0 Å². The van der Waals surface area contributed by atoms with Crippen LogP contribution in [0.25, 0.3) is 0 Å². The number of nitrogens with one attached hydrogen (secondary N) is 2. The zero-order valence-electron chi connectivity index (χ0n) is 10.9. The van der Waals surface area contributed by atoms with Gasteiger partial charge in [0, 0.05) is 12.1 Å². The molecule has 0 unspecified atom stereocenters. The first-order chi connectivity index (χ1) is 9.53. The predicted octanol–water partition coefficient (Wildman–Crippen LogP) is 1.62. The quantitative estimate of drug-likeness (QED) is 0.850. The van der Waals surface area contributed by atoms with Gasteiger partial charge in [0.2, 0.25) is 5.09 Å². The summed E-state index contributed by atoms with van der Waals surface area (Å²) >= 11 is 0. The number of hydrogen-bond acceptors (Lipinski definition) is 4. The van der Waals surface area contributed by atoms with E-state index in [4.69, 9.17) is 4.42 Å². The van der Waals surface area contributed by atoms with E-state index in [0.29, 0.717) is 24.4 Å². The molecule has 0 spiro atoms. The molecule has 2 N–H and O–H groups in total. The minimum absolute atomic E-state index is 0.136. The highest BCUT2D eigenvalue weighted by molar-refractivity contribution is 7.89. The first kappa shape index (κ1) is 14.7. The van der Waals surface area contributed by atoms with E-state index < -0.39 is 10.0 Å². The Morgan fingerprint density at radius 3 is 2.60 bits per heavy atom. The van der Waals surface area contributed by atoms with Crippen molar-refractivity contribution >= 4 is 10.0 Å². The maximum absolute atomic E-state index is 13.4. The lowest BCUT2D eigenvalue weighted by Gasteiger charge is -2.04. The van der Waals surface area contributed by atoms with Crippen molar-refractivity contribution in [2.24, 2.45) is 0 Å². The Kier molecular flexibility index (Phi) is 4.53. The molecule has 2 rings (SSSR count). The van der Waals surface area contributed by atoms with Crippen LogP contribution in [-0.2, 0) is 23.1 Å². The standard InChI is InChI=1S/C13H15FN2O3S/c1-15-20(17,18)13-7-6-11(19-13)9-16-8-10-4-2-3-5-12(10)14/h2-7,15-16H,8-9H2,1H3. The summed E-state index contributed by atoms with van der Waals surface area (Å²) in [6.07, 6.45) is 0. The summed E-state index contributed by atoms with van der Waals surface area (Å²) in [6, 6.07) is 9.40. The molecule has 2 aromatic rings. The highest BCUT2D eigenvalue weighted by atomic mass is 32.2. The van der Waals surface area contributed by atoms with Gasteiger partial charge in [-0.05, 0) is 25.2 Å². The molecule has 0 fully saturated rings. The van der Waals surface area contributed by atoms with E-state index >= 15 is 0 Å². The van der Waals surface area contributed by atoms with Crippen LogP contribution >= 0.6 is 0 Å². The van der Waals surface area contributed by atoms with Gasteiger partial charge in [0.1, 0.15) is 11.6 Å². The minimum atomic E-state index is -3.57. The molecule has 0 bridgehead atoms. The second-order valence-corrected chi connectivity index (χ2v) is 5.94. The van der Waals surface area contributed by atoms with E-state index in [2.05, 4.69) is 10.0 Å². The van der Waals surface area contributed by atoms with Gasteiger partial charge >= 0.3 is 0 Å². The van der Waals surface area contributed by atoms with Crippen LogP contribution in [0.1, 0.15) is 11.3 Å². The summed E-state index contributed by atoms with van der Waals surface area (Å²) in [5.74, 6) is 0.188. The van der Waals surface area contributed by atoms with Crippen LogP contribution in [0.2, 0.25) is 0 Å². The lowest BCUT2D eigenvalue weighted by Crippen LogP contribution is -2.18. The summed E-state index contributed by atoms with van der Waals surface area (Å²) in [5.41, 5.74) is 0.544. The van der Waals surface area contributed by atoms with Crippen molar-refractivity contribution in [2.75, 3.05) is 7.05 Å². The van der Waals surface area contributed by atoms with Crippen molar-refractivity contribution < 1.29 is 17.2 Å². The molecule has 0 saturated heterocycles. The van der Waals surface area contributed by atoms with Crippen LogP contribution in [0, 0.1) is 5.82 Å². The predicted molar refractivity (Wildman–Crippen MR) is 71.9 cm³/mol. The number of halogens is 1. The maximum atomic E-state index is 13.4. The number of rotatable bonds is 6. The third-order valence-corrected chi connectivity index (χ3v) is 4.03. The smallest absolute Gasteiger partial charge is 0.273 e. The molecular weight excluding hydrogens is 283 g/mol. The highest BCUT2D eigenvalue weighted by Gasteiger charge is 2.16. The van der Waals surface area contributed by atoms with Crippen molar-refractivity contribution in [3.63, 3.8) is 0 Å². The van der Waals surface area contributed by atoms with Gasteiger partial charge in [-0.3, -0.25) is 0 Å². The van der Waals surface area contributed by atoms with E-state index in [1.54, 1.807) is 24.3 Å². The summed E-state index contributed by atoms with van der Waals surface area (Å²) in [5, 5.41) is 2.86. The van der Waals surface area contributed by atoms with Crippen LogP contribution in [0.4, 0.5) is 4.39 Å². The average Bonchev–Trinajstić information content (AvgIpc) is 2.90. The topological polar surface area (TPSA) is 71.3 Å². The number of benzene rings is 1. The molecule has 0 radical (unpaired) electrons. The molecule has 1 heterocycles. The zero-order valence-corrected chi connectivity index (χ0v) is 11.7. The Balaban J connectivity index is 1.94. The Hall–Kier alpha value is -1.70. The average molecular weight is 298 g/mol. The number of sulfonamides is 1. The van der Waals surface area contributed by atoms with E-state index in [0.717, 1.165) is 0 Å². The van der Waals surface area contributed by atoms with Crippen LogP contribution in [0.3, 0.4) is 0 Å². The van der Waals surface area contributed by atoms with Gasteiger partial charge in [0.05, 0.1) is 6.54 Å². The van der Waals surface area contributed by atoms with Gasteiger partial charge < -0.3 is 9.73 Å². The van der Waals surface area contributed by atoms with Crippen LogP contribution in [0.5, 0.6) is 0 Å². The Morgan fingerprint density at radius 1 is 1.15 bits per heavy atom. The van der Waals surface area contributed by atoms with Crippen LogP contribution in [-0.4, -0.2) is 15.5 Å². The molecule has 0 aliphatic heterocycles. The van der Waals surface area contributed by atoms with E-state index in [1.165, 1.54) is 19.2 Å². The summed E-state index contributed by atoms with van der Waals surface area (Å²) in [6.45, 7) is 0.648. The normalized spacial score (nSPS) is 11.7. The summed E-state index contributed by atoms with van der Waals surface area (Å²) in [7, 11) is -2.25. The molecule has 0 aliphatic carbocycles. The molecule has 20 heavy (non-hydrogen) atoms. The molecule has 7 heteroatoms. The van der Waals surface area contributed by atoms with Crippen molar-refractivity contribution in [3.8, 4) is 0 Å².